The van der Waals surface area contributed by atoms with Gasteiger partial charge in [0.05, 0.1) is 19.1 Å². The lowest BCUT2D eigenvalue weighted by atomic mass is 10.2. The number of methoxy groups -OCH3 is 1. The fraction of sp³-hybridized carbons (Fsp3) is 0.150. The van der Waals surface area contributed by atoms with Crippen LogP contribution in [0, 0.1) is 6.92 Å². The zero-order valence-electron chi connectivity index (χ0n) is 16.0. The molecule has 2 aromatic carbocycles. The molecule has 0 saturated carbocycles. The number of rotatable bonds is 6. The Morgan fingerprint density at radius 3 is 2.69 bits per heavy atom. The first-order chi connectivity index (χ1) is 14.1. The van der Waals surface area contributed by atoms with Gasteiger partial charge in [0.15, 0.2) is 5.82 Å². The first-order valence-electron chi connectivity index (χ1n) is 8.91. The number of benzene rings is 2. The fourth-order valence-corrected chi connectivity index (χ4v) is 2.82. The molecule has 0 amide bonds. The second-order valence-corrected chi connectivity index (χ2v) is 6.32. The van der Waals surface area contributed by atoms with Crippen molar-refractivity contribution in [1.29, 1.82) is 0 Å². The molecule has 0 aliphatic heterocycles. The Morgan fingerprint density at radius 1 is 1.00 bits per heavy atom. The van der Waals surface area contributed by atoms with Crippen molar-refractivity contribution < 1.29 is 9.26 Å². The average Bonchev–Trinajstić information content (AvgIpc) is 3.15. The van der Waals surface area contributed by atoms with Crippen molar-refractivity contribution in [1.82, 2.24) is 25.1 Å². The number of hydrogen-bond acceptors (Lipinski definition) is 9. The molecule has 4 rings (SSSR count). The maximum Gasteiger partial charge on any atom is 0.261 e. The summed E-state index contributed by atoms with van der Waals surface area (Å²) in [5.74, 6) is 2.33. The highest BCUT2D eigenvalue weighted by Gasteiger charge is 2.15. The molecule has 9 heteroatoms. The quantitative estimate of drug-likeness (QED) is 0.511. The minimum Gasteiger partial charge on any atom is -0.496 e. The van der Waals surface area contributed by atoms with Crippen LogP contribution in [-0.2, 0) is 6.42 Å². The van der Waals surface area contributed by atoms with Gasteiger partial charge in [-0.15, -0.1) is 0 Å². The first kappa shape index (κ1) is 18.4. The summed E-state index contributed by atoms with van der Waals surface area (Å²) < 4.78 is 10.7. The molecule has 0 atom stereocenters. The summed E-state index contributed by atoms with van der Waals surface area (Å²) in [6.07, 6.45) is 0.244. The molecule has 3 N–H and O–H groups in total. The van der Waals surface area contributed by atoms with E-state index in [0.29, 0.717) is 34.8 Å². The molecule has 9 nitrogen and oxygen atoms in total. The van der Waals surface area contributed by atoms with Crippen LogP contribution in [0.2, 0.25) is 0 Å². The smallest absolute Gasteiger partial charge is 0.261 e. The van der Waals surface area contributed by atoms with Crippen LogP contribution < -0.4 is 15.8 Å². The summed E-state index contributed by atoms with van der Waals surface area (Å²) in [4.78, 5) is 17.1. The number of anilines is 3. The molecule has 0 fully saturated rings. The van der Waals surface area contributed by atoms with E-state index in [9.17, 15) is 0 Å². The van der Waals surface area contributed by atoms with Crippen LogP contribution >= 0.6 is 0 Å². The topological polar surface area (TPSA) is 125 Å². The van der Waals surface area contributed by atoms with Crippen LogP contribution in [0.15, 0.2) is 53.1 Å². The van der Waals surface area contributed by atoms with Gasteiger partial charge in [0, 0.05) is 5.69 Å². The molecule has 0 spiro atoms. The van der Waals surface area contributed by atoms with Gasteiger partial charge in [0.1, 0.15) is 11.6 Å². The Hall–Kier alpha value is -4.01. The summed E-state index contributed by atoms with van der Waals surface area (Å²) in [7, 11) is 1.59. The van der Waals surface area contributed by atoms with Gasteiger partial charge in [-0.05, 0) is 36.8 Å². The van der Waals surface area contributed by atoms with Crippen molar-refractivity contribution in [2.45, 2.75) is 13.3 Å². The Bertz CT molecular complexity index is 1140. The number of hydrogen-bond donors (Lipinski definition) is 2. The molecule has 29 heavy (non-hydrogen) atoms. The van der Waals surface area contributed by atoms with Crippen molar-refractivity contribution in [2.75, 3.05) is 18.2 Å². The van der Waals surface area contributed by atoms with Crippen molar-refractivity contribution in [3.05, 3.63) is 65.7 Å². The van der Waals surface area contributed by atoms with Crippen molar-refractivity contribution in [3.8, 4) is 17.2 Å². The predicted octanol–water partition coefficient (Wildman–Crippen LogP) is 3.16. The van der Waals surface area contributed by atoms with Gasteiger partial charge in [-0.3, -0.25) is 0 Å². The molecule has 146 valence electrons. The molecule has 0 aliphatic rings. The van der Waals surface area contributed by atoms with Crippen LogP contribution in [-0.4, -0.2) is 32.2 Å². The lowest BCUT2D eigenvalue weighted by molar-refractivity contribution is 0.403. The summed E-state index contributed by atoms with van der Waals surface area (Å²) in [5.41, 5.74) is 8.54. The van der Waals surface area contributed by atoms with Gasteiger partial charge >= 0.3 is 0 Å². The summed E-state index contributed by atoms with van der Waals surface area (Å²) in [6.45, 7) is 2.01. The molecule has 2 aromatic heterocycles. The van der Waals surface area contributed by atoms with Gasteiger partial charge in [0.25, 0.3) is 5.89 Å². The lowest BCUT2D eigenvalue weighted by Crippen LogP contribution is -2.08. The Balaban J connectivity index is 1.56. The highest BCUT2D eigenvalue weighted by molar-refractivity contribution is 5.62. The van der Waals surface area contributed by atoms with Crippen molar-refractivity contribution in [2.24, 2.45) is 0 Å². The molecular weight excluding hydrogens is 370 g/mol. The first-order valence-corrected chi connectivity index (χ1v) is 8.91. The third kappa shape index (κ3) is 4.29. The highest BCUT2D eigenvalue weighted by atomic mass is 16.5. The minimum atomic E-state index is 0.110. The Morgan fingerprint density at radius 2 is 1.86 bits per heavy atom. The normalized spacial score (nSPS) is 10.7. The maximum absolute atomic E-state index is 5.85. The fourth-order valence-electron chi connectivity index (χ4n) is 2.82. The van der Waals surface area contributed by atoms with E-state index in [2.05, 4.69) is 30.4 Å². The second kappa shape index (κ2) is 7.93. The van der Waals surface area contributed by atoms with E-state index < -0.39 is 0 Å². The molecular formula is C20H19N7O2. The molecule has 0 aliphatic carbocycles. The second-order valence-electron chi connectivity index (χ2n) is 6.32. The van der Waals surface area contributed by atoms with Gasteiger partial charge in [0.2, 0.25) is 11.9 Å². The third-order valence-corrected chi connectivity index (χ3v) is 4.09. The molecule has 4 aromatic rings. The van der Waals surface area contributed by atoms with E-state index >= 15 is 0 Å². The number of nitrogens with one attached hydrogen (secondary N) is 1. The summed E-state index contributed by atoms with van der Waals surface area (Å²) in [6, 6.07) is 15.3. The number of aryl methyl sites for hydroxylation is 1. The molecule has 0 bridgehead atoms. The number of aromatic nitrogens is 5. The van der Waals surface area contributed by atoms with E-state index in [4.69, 9.17) is 15.0 Å². The van der Waals surface area contributed by atoms with Crippen molar-refractivity contribution >= 4 is 17.6 Å². The Kier molecular flexibility index (Phi) is 5.02. The van der Waals surface area contributed by atoms with Crippen LogP contribution in [0.25, 0.3) is 11.5 Å². The number of para-hydroxylation sites is 1. The Labute approximate surface area is 167 Å². The van der Waals surface area contributed by atoms with Crippen LogP contribution in [0.3, 0.4) is 0 Å². The van der Waals surface area contributed by atoms with E-state index in [1.807, 2.05) is 55.5 Å². The minimum absolute atomic E-state index is 0.110. The zero-order valence-corrected chi connectivity index (χ0v) is 16.0. The number of nitrogen functional groups attached to an aromatic ring is 1. The van der Waals surface area contributed by atoms with E-state index in [-0.39, 0.29) is 12.4 Å². The largest absolute Gasteiger partial charge is 0.496 e. The average molecular weight is 389 g/mol. The summed E-state index contributed by atoms with van der Waals surface area (Å²) in [5, 5.41) is 7.15. The molecule has 0 saturated heterocycles. The highest BCUT2D eigenvalue weighted by Crippen LogP contribution is 2.28. The monoisotopic (exact) mass is 389 g/mol. The van der Waals surface area contributed by atoms with Crippen LogP contribution in [0.1, 0.15) is 17.2 Å². The van der Waals surface area contributed by atoms with Gasteiger partial charge in [-0.2, -0.15) is 19.9 Å². The molecule has 0 unspecified atom stereocenters. The van der Waals surface area contributed by atoms with Gasteiger partial charge in [-0.25, -0.2) is 0 Å². The summed E-state index contributed by atoms with van der Waals surface area (Å²) >= 11 is 0. The molecule has 0 radical (unpaired) electrons. The SMILES string of the molecule is COc1ccccc1-c1nc(Cc2nc(N)nc(Nc3cccc(C)c3)n2)no1. The third-order valence-electron chi connectivity index (χ3n) is 4.09. The lowest BCUT2D eigenvalue weighted by Gasteiger charge is -2.07. The zero-order chi connectivity index (χ0) is 20.2. The number of ether oxygens (including phenoxy) is 1. The number of nitrogens with two attached hydrogens (primary N) is 1. The maximum atomic E-state index is 5.85. The van der Waals surface area contributed by atoms with Crippen LogP contribution in [0.4, 0.5) is 17.6 Å². The van der Waals surface area contributed by atoms with E-state index in [1.165, 1.54) is 0 Å². The van der Waals surface area contributed by atoms with Gasteiger partial charge < -0.3 is 20.3 Å². The number of nitrogens with zero attached hydrogens (tertiary/aromatic N) is 5. The van der Waals surface area contributed by atoms with Gasteiger partial charge in [-0.1, -0.05) is 29.4 Å². The van der Waals surface area contributed by atoms with E-state index in [1.54, 1.807) is 7.11 Å². The van der Waals surface area contributed by atoms with Crippen LogP contribution in [0.5, 0.6) is 5.75 Å². The van der Waals surface area contributed by atoms with Crippen molar-refractivity contribution in [3.63, 3.8) is 0 Å². The predicted molar refractivity (Wildman–Crippen MR) is 108 cm³/mol. The molecule has 2 heterocycles. The van der Waals surface area contributed by atoms with E-state index in [0.717, 1.165) is 11.3 Å². The standard InChI is InChI=1S/C20H19N7O2/c1-12-6-5-7-13(10-12)22-20-25-16(24-19(21)26-20)11-17-23-18(29-27-17)14-8-3-4-9-15(14)28-2/h3-10H,11H2,1-2H3,(H3,21,22,24,25,26).